The van der Waals surface area contributed by atoms with E-state index in [0.29, 0.717) is 23.7 Å². The summed E-state index contributed by atoms with van der Waals surface area (Å²) >= 11 is 0. The largest absolute Gasteiger partial charge is 0.351 e. The molecule has 0 aliphatic carbocycles. The second kappa shape index (κ2) is 9.77. The van der Waals surface area contributed by atoms with E-state index >= 15 is 0 Å². The van der Waals surface area contributed by atoms with E-state index in [9.17, 15) is 14.0 Å². The number of carbonyl (C=O) groups excluding carboxylic acids is 2. The third kappa shape index (κ3) is 5.32. The average molecular weight is 422 g/mol. The van der Waals surface area contributed by atoms with E-state index < -0.39 is 0 Å². The molecule has 0 bridgehead atoms. The van der Waals surface area contributed by atoms with Crippen LogP contribution in [0.25, 0.3) is 10.9 Å². The smallest absolute Gasteiger partial charge is 0.267 e. The minimum absolute atomic E-state index is 0.0156. The number of benzene rings is 2. The van der Waals surface area contributed by atoms with E-state index in [1.165, 1.54) is 12.1 Å². The number of carbonyl (C=O) groups is 2. The highest BCUT2D eigenvalue weighted by Crippen LogP contribution is 2.24. The molecule has 4 rings (SSSR count). The summed E-state index contributed by atoms with van der Waals surface area (Å²) in [6, 6.07) is 15.5. The number of hydrogen-bond donors (Lipinski definition) is 2. The van der Waals surface area contributed by atoms with Gasteiger partial charge in [-0.15, -0.1) is 0 Å². The van der Waals surface area contributed by atoms with Crippen LogP contribution in [0.1, 0.15) is 53.0 Å². The molecule has 2 heterocycles. The lowest BCUT2D eigenvalue weighted by Crippen LogP contribution is -2.38. The summed E-state index contributed by atoms with van der Waals surface area (Å²) in [6.45, 7) is 2.16. The lowest BCUT2D eigenvalue weighted by molar-refractivity contribution is 0.0685. The van der Waals surface area contributed by atoms with Crippen LogP contribution < -0.4 is 5.32 Å². The molecule has 0 spiro atoms. The van der Waals surface area contributed by atoms with Gasteiger partial charge in [0.15, 0.2) is 0 Å². The van der Waals surface area contributed by atoms with Gasteiger partial charge >= 0.3 is 0 Å². The van der Waals surface area contributed by atoms with Crippen molar-refractivity contribution in [2.75, 3.05) is 19.6 Å². The standard InChI is InChI=1S/C25H28FN3O2/c26-21-10-8-19(9-11-21)25(31)29-15-12-18(13-16-29)5-3-4-14-27-24(30)23-17-20-6-1-2-7-22(20)28-23/h1-2,6-11,17-18,28H,3-5,12-16H2,(H,27,30). The van der Waals surface area contributed by atoms with Gasteiger partial charge in [-0.2, -0.15) is 0 Å². The number of halogens is 1. The summed E-state index contributed by atoms with van der Waals surface area (Å²) < 4.78 is 13.0. The number of unbranched alkanes of at least 4 members (excludes halogenated alkanes) is 1. The molecular formula is C25H28FN3O2. The van der Waals surface area contributed by atoms with Crippen molar-refractivity contribution in [3.8, 4) is 0 Å². The molecule has 1 aliphatic heterocycles. The molecule has 1 saturated heterocycles. The normalized spacial score (nSPS) is 14.7. The van der Waals surface area contributed by atoms with Gasteiger partial charge in [-0.1, -0.05) is 31.0 Å². The number of amides is 2. The first kappa shape index (κ1) is 21.1. The number of hydrogen-bond acceptors (Lipinski definition) is 2. The molecule has 0 atom stereocenters. The number of nitrogens with zero attached hydrogens (tertiary/aromatic N) is 1. The molecule has 6 heteroatoms. The van der Waals surface area contributed by atoms with Crippen LogP contribution in [0.15, 0.2) is 54.6 Å². The van der Waals surface area contributed by atoms with Crippen LogP contribution in [0.3, 0.4) is 0 Å². The molecule has 2 amide bonds. The van der Waals surface area contributed by atoms with Gasteiger partial charge in [-0.25, -0.2) is 4.39 Å². The van der Waals surface area contributed by atoms with Gasteiger partial charge < -0.3 is 15.2 Å². The van der Waals surface area contributed by atoms with Crippen molar-refractivity contribution in [3.63, 3.8) is 0 Å². The monoisotopic (exact) mass is 421 g/mol. The number of piperidine rings is 1. The maximum Gasteiger partial charge on any atom is 0.267 e. The van der Waals surface area contributed by atoms with E-state index in [-0.39, 0.29) is 17.6 Å². The lowest BCUT2D eigenvalue weighted by Gasteiger charge is -2.32. The van der Waals surface area contributed by atoms with Gasteiger partial charge in [-0.3, -0.25) is 9.59 Å². The summed E-state index contributed by atoms with van der Waals surface area (Å²) in [4.78, 5) is 29.8. The van der Waals surface area contributed by atoms with Crippen LogP contribution in [0.5, 0.6) is 0 Å². The van der Waals surface area contributed by atoms with Gasteiger partial charge in [0.05, 0.1) is 0 Å². The third-order valence-corrected chi connectivity index (χ3v) is 6.09. The second-order valence-corrected chi connectivity index (χ2v) is 8.26. The molecule has 1 fully saturated rings. The Labute approximate surface area is 181 Å². The van der Waals surface area contributed by atoms with Crippen molar-refractivity contribution in [1.82, 2.24) is 15.2 Å². The zero-order chi connectivity index (χ0) is 21.6. The highest BCUT2D eigenvalue weighted by molar-refractivity contribution is 5.98. The Bertz CT molecular complexity index is 1000. The van der Waals surface area contributed by atoms with Crippen molar-refractivity contribution < 1.29 is 14.0 Å². The van der Waals surface area contributed by atoms with Crippen LogP contribution >= 0.6 is 0 Å². The highest BCUT2D eigenvalue weighted by atomic mass is 19.1. The molecule has 31 heavy (non-hydrogen) atoms. The number of rotatable bonds is 7. The van der Waals surface area contributed by atoms with Crippen LogP contribution in [0, 0.1) is 11.7 Å². The van der Waals surface area contributed by atoms with E-state index in [1.807, 2.05) is 35.2 Å². The fourth-order valence-electron chi connectivity index (χ4n) is 4.25. The van der Waals surface area contributed by atoms with E-state index in [4.69, 9.17) is 0 Å². The Kier molecular flexibility index (Phi) is 6.65. The van der Waals surface area contributed by atoms with Gasteiger partial charge in [0.2, 0.25) is 0 Å². The number of aromatic amines is 1. The lowest BCUT2D eigenvalue weighted by atomic mass is 9.91. The zero-order valence-corrected chi connectivity index (χ0v) is 17.6. The number of nitrogens with one attached hydrogen (secondary N) is 2. The Balaban J connectivity index is 1.13. The molecule has 3 aromatic rings. The van der Waals surface area contributed by atoms with Gasteiger partial charge in [-0.05, 0) is 61.6 Å². The molecular weight excluding hydrogens is 393 g/mol. The Morgan fingerprint density at radius 1 is 1.03 bits per heavy atom. The number of likely N-dealkylation sites (tertiary alicyclic amines) is 1. The highest BCUT2D eigenvalue weighted by Gasteiger charge is 2.23. The Morgan fingerprint density at radius 2 is 1.77 bits per heavy atom. The summed E-state index contributed by atoms with van der Waals surface area (Å²) in [5, 5.41) is 4.03. The van der Waals surface area contributed by atoms with Crippen LogP contribution in [0.2, 0.25) is 0 Å². The first-order valence-corrected chi connectivity index (χ1v) is 11.0. The summed E-state index contributed by atoms with van der Waals surface area (Å²) in [6.07, 6.45) is 5.10. The van der Waals surface area contributed by atoms with Gasteiger partial charge in [0.25, 0.3) is 11.8 Å². The summed E-state index contributed by atoms with van der Waals surface area (Å²) in [5.41, 5.74) is 2.11. The molecule has 0 unspecified atom stereocenters. The molecule has 1 aliphatic rings. The van der Waals surface area contributed by atoms with Crippen LogP contribution in [-0.2, 0) is 0 Å². The predicted octanol–water partition coefficient (Wildman–Crippen LogP) is 4.76. The topological polar surface area (TPSA) is 65.2 Å². The van der Waals surface area contributed by atoms with Crippen molar-refractivity contribution in [1.29, 1.82) is 0 Å². The molecule has 1 aromatic heterocycles. The van der Waals surface area contributed by atoms with Crippen molar-refractivity contribution in [2.24, 2.45) is 5.92 Å². The summed E-state index contributed by atoms with van der Waals surface area (Å²) in [7, 11) is 0. The Hall–Kier alpha value is -3.15. The molecule has 162 valence electrons. The first-order valence-electron chi connectivity index (χ1n) is 11.0. The molecule has 2 N–H and O–H groups in total. The van der Waals surface area contributed by atoms with Crippen LogP contribution in [0.4, 0.5) is 4.39 Å². The van der Waals surface area contributed by atoms with Crippen LogP contribution in [-0.4, -0.2) is 41.3 Å². The quantitative estimate of drug-likeness (QED) is 0.540. The van der Waals surface area contributed by atoms with Crippen molar-refractivity contribution in [3.05, 3.63) is 71.7 Å². The number of para-hydroxylation sites is 1. The SMILES string of the molecule is O=C(NCCCCC1CCN(C(=O)c2ccc(F)cc2)CC1)c1cc2ccccc2[nH]1. The fourth-order valence-corrected chi connectivity index (χ4v) is 4.25. The fraction of sp³-hybridized carbons (Fsp3) is 0.360. The van der Waals surface area contributed by atoms with Gasteiger partial charge in [0.1, 0.15) is 11.5 Å². The average Bonchev–Trinajstić information content (AvgIpc) is 3.24. The number of H-pyrrole nitrogens is 1. The maximum absolute atomic E-state index is 13.0. The first-order chi connectivity index (χ1) is 15.1. The minimum Gasteiger partial charge on any atom is -0.351 e. The molecule has 2 aromatic carbocycles. The van der Waals surface area contributed by atoms with E-state index in [1.54, 1.807) is 12.1 Å². The Morgan fingerprint density at radius 3 is 2.52 bits per heavy atom. The predicted molar refractivity (Wildman–Crippen MR) is 120 cm³/mol. The maximum atomic E-state index is 13.0. The number of aromatic nitrogens is 1. The minimum atomic E-state index is -0.326. The van der Waals surface area contributed by atoms with Crippen molar-refractivity contribution in [2.45, 2.75) is 32.1 Å². The molecule has 0 saturated carbocycles. The van der Waals surface area contributed by atoms with E-state index in [2.05, 4.69) is 10.3 Å². The van der Waals surface area contributed by atoms with Gasteiger partial charge in [0, 0.05) is 36.1 Å². The van der Waals surface area contributed by atoms with E-state index in [0.717, 1.165) is 56.1 Å². The second-order valence-electron chi connectivity index (χ2n) is 8.26. The number of fused-ring (bicyclic) bond motifs is 1. The molecule has 0 radical (unpaired) electrons. The zero-order valence-electron chi connectivity index (χ0n) is 17.6. The third-order valence-electron chi connectivity index (χ3n) is 6.09. The molecule has 5 nitrogen and oxygen atoms in total. The van der Waals surface area contributed by atoms with Crippen molar-refractivity contribution >= 4 is 22.7 Å². The summed E-state index contributed by atoms with van der Waals surface area (Å²) in [5.74, 6) is 0.205.